The Bertz CT molecular complexity index is 1180. The molecule has 0 atom stereocenters. The number of esters is 1. The van der Waals surface area contributed by atoms with E-state index in [0.717, 1.165) is 0 Å². The highest BCUT2D eigenvalue weighted by atomic mass is 35.5. The van der Waals surface area contributed by atoms with Gasteiger partial charge in [0.1, 0.15) is 11.3 Å². The van der Waals surface area contributed by atoms with E-state index in [1.807, 2.05) is 0 Å². The molecule has 156 valence electrons. The van der Waals surface area contributed by atoms with Crippen molar-refractivity contribution in [3.05, 3.63) is 63.4 Å². The molecule has 0 saturated heterocycles. The number of anilines is 1. The van der Waals surface area contributed by atoms with Crippen LogP contribution in [0.15, 0.2) is 47.3 Å². The summed E-state index contributed by atoms with van der Waals surface area (Å²) in [6.07, 6.45) is 0. The smallest absolute Gasteiger partial charge is 0.313 e. The molecule has 1 N–H and O–H groups in total. The second-order valence-corrected chi connectivity index (χ2v) is 7.37. The van der Waals surface area contributed by atoms with Gasteiger partial charge < -0.3 is 19.4 Å². The molecular formula is C22H21ClN2O5. The number of aryl methyl sites for hydroxylation is 1. The minimum Gasteiger partial charge on any atom is -0.497 e. The summed E-state index contributed by atoms with van der Waals surface area (Å²) in [6, 6.07) is 11.6. The van der Waals surface area contributed by atoms with E-state index >= 15 is 0 Å². The molecule has 0 bridgehead atoms. The Morgan fingerprint density at radius 2 is 1.77 bits per heavy atom. The SMILES string of the molecule is COc1ccc(NC(=O)c2c(OC(=O)C(C)C)c3c(Cl)cccc3n(C)c2=O)cc1. The average Bonchev–Trinajstić information content (AvgIpc) is 2.72. The lowest BCUT2D eigenvalue weighted by Crippen LogP contribution is -2.30. The van der Waals surface area contributed by atoms with Crippen molar-refractivity contribution >= 4 is 40.1 Å². The molecule has 1 aromatic heterocycles. The maximum Gasteiger partial charge on any atom is 0.313 e. The minimum absolute atomic E-state index is 0.150. The zero-order valence-electron chi connectivity index (χ0n) is 17.0. The van der Waals surface area contributed by atoms with Crippen LogP contribution >= 0.6 is 11.6 Å². The summed E-state index contributed by atoms with van der Waals surface area (Å²) in [6.45, 7) is 3.31. The summed E-state index contributed by atoms with van der Waals surface area (Å²) < 4.78 is 11.9. The van der Waals surface area contributed by atoms with Crippen LogP contribution in [0.2, 0.25) is 5.02 Å². The van der Waals surface area contributed by atoms with Crippen LogP contribution in [0.1, 0.15) is 24.2 Å². The molecule has 0 spiro atoms. The van der Waals surface area contributed by atoms with Crippen LogP contribution in [-0.2, 0) is 11.8 Å². The molecule has 3 aromatic rings. The number of aromatic nitrogens is 1. The van der Waals surface area contributed by atoms with Gasteiger partial charge in [0.05, 0.1) is 29.0 Å². The lowest BCUT2D eigenvalue weighted by Gasteiger charge is -2.17. The van der Waals surface area contributed by atoms with E-state index in [4.69, 9.17) is 21.1 Å². The number of nitrogens with one attached hydrogen (secondary N) is 1. The van der Waals surface area contributed by atoms with E-state index in [0.29, 0.717) is 22.3 Å². The molecule has 0 fully saturated rings. The number of hydrogen-bond acceptors (Lipinski definition) is 5. The predicted molar refractivity (Wildman–Crippen MR) is 116 cm³/mol. The number of pyridine rings is 1. The van der Waals surface area contributed by atoms with Crippen molar-refractivity contribution in [2.45, 2.75) is 13.8 Å². The van der Waals surface area contributed by atoms with Crippen molar-refractivity contribution < 1.29 is 19.1 Å². The number of halogens is 1. The third kappa shape index (κ3) is 4.02. The molecule has 1 amide bonds. The van der Waals surface area contributed by atoms with E-state index in [9.17, 15) is 14.4 Å². The second kappa shape index (κ2) is 8.59. The summed E-state index contributed by atoms with van der Waals surface area (Å²) in [5, 5.41) is 3.23. The molecule has 2 aromatic carbocycles. The molecule has 0 saturated carbocycles. The van der Waals surface area contributed by atoms with Gasteiger partial charge >= 0.3 is 5.97 Å². The van der Waals surface area contributed by atoms with E-state index in [2.05, 4.69) is 5.32 Å². The van der Waals surface area contributed by atoms with E-state index in [1.165, 1.54) is 18.7 Å². The summed E-state index contributed by atoms with van der Waals surface area (Å²) in [5.41, 5.74) is -0.0199. The Morgan fingerprint density at radius 1 is 1.10 bits per heavy atom. The van der Waals surface area contributed by atoms with Crippen LogP contribution in [0.3, 0.4) is 0 Å². The second-order valence-electron chi connectivity index (χ2n) is 6.96. The van der Waals surface area contributed by atoms with Crippen LogP contribution in [-0.4, -0.2) is 23.6 Å². The largest absolute Gasteiger partial charge is 0.497 e. The molecule has 0 aliphatic heterocycles. The van der Waals surface area contributed by atoms with Crippen LogP contribution in [0.5, 0.6) is 11.5 Å². The van der Waals surface area contributed by atoms with Gasteiger partial charge in [0.2, 0.25) is 0 Å². The number of rotatable bonds is 5. The van der Waals surface area contributed by atoms with Crippen molar-refractivity contribution in [2.24, 2.45) is 13.0 Å². The zero-order chi connectivity index (χ0) is 22.0. The molecule has 30 heavy (non-hydrogen) atoms. The fourth-order valence-electron chi connectivity index (χ4n) is 2.90. The highest BCUT2D eigenvalue weighted by molar-refractivity contribution is 6.36. The van der Waals surface area contributed by atoms with Crippen molar-refractivity contribution in [1.82, 2.24) is 4.57 Å². The highest BCUT2D eigenvalue weighted by Crippen LogP contribution is 2.34. The van der Waals surface area contributed by atoms with Gasteiger partial charge in [-0.1, -0.05) is 31.5 Å². The number of hydrogen-bond donors (Lipinski definition) is 1. The first-order valence-electron chi connectivity index (χ1n) is 9.23. The Morgan fingerprint density at radius 3 is 2.37 bits per heavy atom. The maximum atomic E-state index is 13.1. The first-order valence-corrected chi connectivity index (χ1v) is 9.60. The summed E-state index contributed by atoms with van der Waals surface area (Å²) in [7, 11) is 3.06. The number of fused-ring (bicyclic) bond motifs is 1. The van der Waals surface area contributed by atoms with E-state index < -0.39 is 23.4 Å². The third-order valence-corrected chi connectivity index (χ3v) is 4.89. The minimum atomic E-state index is -0.714. The van der Waals surface area contributed by atoms with Crippen LogP contribution in [0.25, 0.3) is 10.9 Å². The van der Waals surface area contributed by atoms with Crippen LogP contribution in [0, 0.1) is 5.92 Å². The highest BCUT2D eigenvalue weighted by Gasteiger charge is 2.26. The predicted octanol–water partition coefficient (Wildman–Crippen LogP) is 4.01. The number of methoxy groups -OCH3 is 1. The Kier molecular flexibility index (Phi) is 6.12. The topological polar surface area (TPSA) is 86.6 Å². The average molecular weight is 429 g/mol. The van der Waals surface area contributed by atoms with E-state index in [1.54, 1.807) is 56.3 Å². The van der Waals surface area contributed by atoms with Crippen molar-refractivity contribution in [2.75, 3.05) is 12.4 Å². The molecule has 8 heteroatoms. The molecule has 1 heterocycles. The van der Waals surface area contributed by atoms with Crippen molar-refractivity contribution in [3.8, 4) is 11.5 Å². The van der Waals surface area contributed by atoms with Gasteiger partial charge in [-0.2, -0.15) is 0 Å². The van der Waals surface area contributed by atoms with Gasteiger partial charge in [0, 0.05) is 12.7 Å². The fourth-order valence-corrected chi connectivity index (χ4v) is 3.16. The molecule has 0 unspecified atom stereocenters. The molecule has 0 aliphatic carbocycles. The van der Waals surface area contributed by atoms with Gasteiger partial charge in [-0.15, -0.1) is 0 Å². The number of carbonyl (C=O) groups is 2. The van der Waals surface area contributed by atoms with Crippen LogP contribution in [0.4, 0.5) is 5.69 Å². The number of carbonyl (C=O) groups excluding carboxylic acids is 2. The van der Waals surface area contributed by atoms with Crippen LogP contribution < -0.4 is 20.3 Å². The maximum absolute atomic E-state index is 13.1. The van der Waals surface area contributed by atoms with E-state index in [-0.39, 0.29) is 16.3 Å². The number of ether oxygens (including phenoxy) is 2. The normalized spacial score (nSPS) is 10.9. The Balaban J connectivity index is 2.19. The quantitative estimate of drug-likeness (QED) is 0.620. The summed E-state index contributed by atoms with van der Waals surface area (Å²) >= 11 is 6.37. The van der Waals surface area contributed by atoms with Crippen molar-refractivity contribution in [3.63, 3.8) is 0 Å². The molecule has 7 nitrogen and oxygen atoms in total. The number of benzene rings is 2. The lowest BCUT2D eigenvalue weighted by molar-refractivity contribution is -0.137. The standard InChI is InChI=1S/C22H21ClN2O5/c1-12(2)22(28)30-19-17-15(23)6-5-7-16(17)25(3)21(27)18(19)20(26)24-13-8-10-14(29-4)11-9-13/h5-12H,1-4H3,(H,24,26). The first kappa shape index (κ1) is 21.4. The van der Waals surface area contributed by atoms with Gasteiger partial charge in [-0.25, -0.2) is 0 Å². The molecular weight excluding hydrogens is 408 g/mol. The lowest BCUT2D eigenvalue weighted by atomic mass is 10.1. The first-order chi connectivity index (χ1) is 14.2. The van der Waals surface area contributed by atoms with Gasteiger partial charge in [0.15, 0.2) is 5.75 Å². The number of amides is 1. The Hall–Kier alpha value is -3.32. The number of nitrogens with zero attached hydrogens (tertiary/aromatic N) is 1. The van der Waals surface area contributed by atoms with Gasteiger partial charge in [0.25, 0.3) is 11.5 Å². The van der Waals surface area contributed by atoms with Gasteiger partial charge in [-0.05, 0) is 36.4 Å². The molecule has 0 radical (unpaired) electrons. The Labute approximate surface area is 178 Å². The molecule has 3 rings (SSSR count). The molecule has 0 aliphatic rings. The summed E-state index contributed by atoms with van der Waals surface area (Å²) in [5.74, 6) is -1.29. The van der Waals surface area contributed by atoms with Gasteiger partial charge in [-0.3, -0.25) is 14.4 Å². The fraction of sp³-hybridized carbons (Fsp3) is 0.227. The zero-order valence-corrected chi connectivity index (χ0v) is 17.7. The monoisotopic (exact) mass is 428 g/mol. The third-order valence-electron chi connectivity index (χ3n) is 4.57. The summed E-state index contributed by atoms with van der Waals surface area (Å²) in [4.78, 5) is 38.5. The van der Waals surface area contributed by atoms with Crippen molar-refractivity contribution in [1.29, 1.82) is 0 Å².